The fraction of sp³-hybridized carbons (Fsp3) is 0.571. The van der Waals surface area contributed by atoms with Crippen molar-refractivity contribution >= 4 is 0 Å². The van der Waals surface area contributed by atoms with Crippen molar-refractivity contribution in [3.8, 4) is 5.75 Å². The second-order valence-electron chi connectivity index (χ2n) is 4.17. The standard InChI is InChI=1S/C14H23NO/c1-5-11(3)15-12(4)13-9-7-8-10-14(13)16-6-2/h7-12,15H,5-6H2,1-4H3/t11-,12+/m1/s1. The lowest BCUT2D eigenvalue weighted by atomic mass is 10.1. The molecule has 1 rings (SSSR count). The van der Waals surface area contributed by atoms with Crippen LogP contribution >= 0.6 is 0 Å². The van der Waals surface area contributed by atoms with E-state index in [2.05, 4.69) is 38.2 Å². The molecule has 0 spiro atoms. The maximum atomic E-state index is 5.63. The molecule has 1 aromatic carbocycles. The van der Waals surface area contributed by atoms with Crippen LogP contribution in [0.2, 0.25) is 0 Å². The van der Waals surface area contributed by atoms with Crippen molar-refractivity contribution in [2.24, 2.45) is 0 Å². The van der Waals surface area contributed by atoms with Crippen LogP contribution in [0.1, 0.15) is 45.7 Å². The summed E-state index contributed by atoms with van der Waals surface area (Å²) in [7, 11) is 0. The summed E-state index contributed by atoms with van der Waals surface area (Å²) in [6, 6.07) is 9.11. The summed E-state index contributed by atoms with van der Waals surface area (Å²) in [6.45, 7) is 9.32. The molecule has 0 aromatic heterocycles. The fourth-order valence-corrected chi connectivity index (χ4v) is 1.76. The van der Waals surface area contributed by atoms with E-state index in [1.165, 1.54) is 5.56 Å². The molecule has 0 fully saturated rings. The van der Waals surface area contributed by atoms with E-state index in [0.717, 1.165) is 12.2 Å². The van der Waals surface area contributed by atoms with Gasteiger partial charge < -0.3 is 10.1 Å². The van der Waals surface area contributed by atoms with Crippen molar-refractivity contribution in [2.45, 2.75) is 46.2 Å². The van der Waals surface area contributed by atoms with E-state index in [4.69, 9.17) is 4.74 Å². The minimum atomic E-state index is 0.331. The summed E-state index contributed by atoms with van der Waals surface area (Å²) < 4.78 is 5.63. The zero-order valence-electron chi connectivity index (χ0n) is 10.8. The van der Waals surface area contributed by atoms with Crippen LogP contribution in [0.5, 0.6) is 5.75 Å². The van der Waals surface area contributed by atoms with Gasteiger partial charge in [-0.25, -0.2) is 0 Å². The van der Waals surface area contributed by atoms with E-state index in [-0.39, 0.29) is 0 Å². The van der Waals surface area contributed by atoms with Crippen LogP contribution < -0.4 is 10.1 Å². The molecule has 2 nitrogen and oxygen atoms in total. The summed E-state index contributed by atoms with van der Waals surface area (Å²) >= 11 is 0. The van der Waals surface area contributed by atoms with Crippen molar-refractivity contribution in [2.75, 3.05) is 6.61 Å². The monoisotopic (exact) mass is 221 g/mol. The Labute approximate surface area is 99.0 Å². The smallest absolute Gasteiger partial charge is 0.124 e. The van der Waals surface area contributed by atoms with Gasteiger partial charge in [0.05, 0.1) is 6.61 Å². The molecule has 0 aliphatic rings. The van der Waals surface area contributed by atoms with Crippen molar-refractivity contribution in [1.29, 1.82) is 0 Å². The molecule has 0 amide bonds. The van der Waals surface area contributed by atoms with Gasteiger partial charge in [0.2, 0.25) is 0 Å². The SMILES string of the molecule is CCOc1ccccc1[C@H](C)N[C@H](C)CC. The van der Waals surface area contributed by atoms with E-state index >= 15 is 0 Å². The Kier molecular flexibility index (Phi) is 5.33. The van der Waals surface area contributed by atoms with Gasteiger partial charge in [0.15, 0.2) is 0 Å². The topological polar surface area (TPSA) is 21.3 Å². The van der Waals surface area contributed by atoms with Crippen molar-refractivity contribution in [3.63, 3.8) is 0 Å². The van der Waals surface area contributed by atoms with Gasteiger partial charge in [0.25, 0.3) is 0 Å². The second kappa shape index (κ2) is 6.54. The summed E-state index contributed by atoms with van der Waals surface area (Å²) in [5.74, 6) is 0.994. The number of hydrogen-bond acceptors (Lipinski definition) is 2. The van der Waals surface area contributed by atoms with E-state index < -0.39 is 0 Å². The third kappa shape index (κ3) is 3.53. The van der Waals surface area contributed by atoms with Gasteiger partial charge in [-0.05, 0) is 33.3 Å². The predicted molar refractivity (Wildman–Crippen MR) is 68.9 cm³/mol. The molecule has 1 N–H and O–H groups in total. The van der Waals surface area contributed by atoms with Crippen LogP contribution in [0.4, 0.5) is 0 Å². The third-order valence-corrected chi connectivity index (χ3v) is 2.83. The quantitative estimate of drug-likeness (QED) is 0.793. The van der Waals surface area contributed by atoms with Crippen LogP contribution in [-0.4, -0.2) is 12.6 Å². The highest BCUT2D eigenvalue weighted by Gasteiger charge is 2.12. The Balaban J connectivity index is 2.77. The lowest BCUT2D eigenvalue weighted by Gasteiger charge is -2.21. The molecule has 90 valence electrons. The minimum Gasteiger partial charge on any atom is -0.494 e. The minimum absolute atomic E-state index is 0.331. The third-order valence-electron chi connectivity index (χ3n) is 2.83. The van der Waals surface area contributed by atoms with Gasteiger partial charge in [0, 0.05) is 17.6 Å². The lowest BCUT2D eigenvalue weighted by Crippen LogP contribution is -2.28. The molecule has 0 bridgehead atoms. The van der Waals surface area contributed by atoms with Gasteiger partial charge >= 0.3 is 0 Å². The average Bonchev–Trinajstić information content (AvgIpc) is 2.30. The first-order valence-electron chi connectivity index (χ1n) is 6.16. The maximum absolute atomic E-state index is 5.63. The van der Waals surface area contributed by atoms with E-state index in [1.807, 2.05) is 19.1 Å². The van der Waals surface area contributed by atoms with Crippen LogP contribution in [0.15, 0.2) is 24.3 Å². The Morgan fingerprint density at radius 1 is 1.19 bits per heavy atom. The molecule has 0 saturated heterocycles. The lowest BCUT2D eigenvalue weighted by molar-refractivity contribution is 0.330. The number of ether oxygens (including phenoxy) is 1. The summed E-state index contributed by atoms with van der Waals surface area (Å²) in [4.78, 5) is 0. The molecular formula is C14H23NO. The van der Waals surface area contributed by atoms with Crippen molar-refractivity contribution in [1.82, 2.24) is 5.32 Å². The summed E-state index contributed by atoms with van der Waals surface area (Å²) in [5, 5.41) is 3.56. The van der Waals surface area contributed by atoms with Gasteiger partial charge in [-0.1, -0.05) is 25.1 Å². The molecule has 0 heterocycles. The molecule has 2 heteroatoms. The maximum Gasteiger partial charge on any atom is 0.124 e. The number of para-hydroxylation sites is 1. The highest BCUT2D eigenvalue weighted by atomic mass is 16.5. The Morgan fingerprint density at radius 2 is 1.88 bits per heavy atom. The van der Waals surface area contributed by atoms with Crippen molar-refractivity contribution in [3.05, 3.63) is 29.8 Å². The first kappa shape index (κ1) is 13.0. The van der Waals surface area contributed by atoms with Crippen LogP contribution in [0.3, 0.4) is 0 Å². The average molecular weight is 221 g/mol. The molecule has 2 atom stereocenters. The first-order valence-corrected chi connectivity index (χ1v) is 6.16. The van der Waals surface area contributed by atoms with E-state index in [0.29, 0.717) is 18.7 Å². The zero-order chi connectivity index (χ0) is 12.0. The van der Waals surface area contributed by atoms with Crippen LogP contribution in [-0.2, 0) is 0 Å². The number of nitrogens with one attached hydrogen (secondary N) is 1. The molecule has 0 unspecified atom stereocenters. The van der Waals surface area contributed by atoms with E-state index in [1.54, 1.807) is 0 Å². The second-order valence-corrected chi connectivity index (χ2v) is 4.17. The first-order chi connectivity index (χ1) is 7.69. The highest BCUT2D eigenvalue weighted by molar-refractivity contribution is 5.35. The number of hydrogen-bond donors (Lipinski definition) is 1. The Bertz CT molecular complexity index is 311. The van der Waals surface area contributed by atoms with Crippen LogP contribution in [0, 0.1) is 0 Å². The Morgan fingerprint density at radius 3 is 2.50 bits per heavy atom. The molecule has 0 aliphatic heterocycles. The van der Waals surface area contributed by atoms with Crippen LogP contribution in [0.25, 0.3) is 0 Å². The zero-order valence-corrected chi connectivity index (χ0v) is 10.8. The van der Waals surface area contributed by atoms with Gasteiger partial charge in [0.1, 0.15) is 5.75 Å². The Hall–Kier alpha value is -1.02. The number of benzene rings is 1. The molecule has 0 aliphatic carbocycles. The summed E-state index contributed by atoms with van der Waals surface area (Å²) in [5.41, 5.74) is 1.24. The van der Waals surface area contributed by atoms with E-state index in [9.17, 15) is 0 Å². The molecule has 0 radical (unpaired) electrons. The fourth-order valence-electron chi connectivity index (χ4n) is 1.76. The number of rotatable bonds is 6. The summed E-state index contributed by atoms with van der Waals surface area (Å²) in [6.07, 6.45) is 1.14. The predicted octanol–water partition coefficient (Wildman–Crippen LogP) is 3.53. The highest BCUT2D eigenvalue weighted by Crippen LogP contribution is 2.25. The molecule has 16 heavy (non-hydrogen) atoms. The van der Waals surface area contributed by atoms with Gasteiger partial charge in [-0.2, -0.15) is 0 Å². The molecule has 0 saturated carbocycles. The molecule has 1 aromatic rings. The largest absolute Gasteiger partial charge is 0.494 e. The van der Waals surface area contributed by atoms with Gasteiger partial charge in [-0.15, -0.1) is 0 Å². The molecular weight excluding hydrogens is 198 g/mol. The van der Waals surface area contributed by atoms with Crippen molar-refractivity contribution < 1.29 is 4.74 Å². The van der Waals surface area contributed by atoms with Gasteiger partial charge in [-0.3, -0.25) is 0 Å². The normalized spacial score (nSPS) is 14.5.